The van der Waals surface area contributed by atoms with E-state index in [1.54, 1.807) is 25.4 Å². The lowest BCUT2D eigenvalue weighted by molar-refractivity contribution is 0.619. The van der Waals surface area contributed by atoms with Gasteiger partial charge in [-0.3, -0.25) is 0 Å². The van der Waals surface area contributed by atoms with E-state index in [9.17, 15) is 4.39 Å². The maximum atomic E-state index is 13.3. The Morgan fingerprint density at radius 3 is 2.89 bits per heavy atom. The summed E-state index contributed by atoms with van der Waals surface area (Å²) in [5.41, 5.74) is 1.32. The molecule has 0 radical (unpaired) electrons. The smallest absolute Gasteiger partial charge is 0.240 e. The molecule has 0 fully saturated rings. The Morgan fingerprint density at radius 1 is 1.28 bits per heavy atom. The Hall–Kier alpha value is -2.57. The van der Waals surface area contributed by atoms with Crippen molar-refractivity contribution in [3.8, 4) is 17.3 Å². The molecular weight excluding hydrogens is 235 g/mol. The molecule has 2 aromatic heterocycles. The molecule has 1 aromatic carbocycles. The molecule has 0 aliphatic rings. The third-order valence-electron chi connectivity index (χ3n) is 2.38. The SMILES string of the molecule is Cc1cc(F)cc(-n2nnc(-c3ncc[nH]3)n2)c1. The van der Waals surface area contributed by atoms with Crippen LogP contribution in [0.4, 0.5) is 4.39 Å². The maximum Gasteiger partial charge on any atom is 0.240 e. The number of nitrogens with one attached hydrogen (secondary N) is 1. The van der Waals surface area contributed by atoms with Gasteiger partial charge in [0, 0.05) is 18.5 Å². The number of benzene rings is 1. The molecule has 3 rings (SSSR count). The second-order valence-electron chi connectivity index (χ2n) is 3.83. The lowest BCUT2D eigenvalue weighted by Crippen LogP contribution is -2.00. The van der Waals surface area contributed by atoms with Gasteiger partial charge < -0.3 is 4.98 Å². The minimum absolute atomic E-state index is 0.332. The molecule has 6 nitrogen and oxygen atoms in total. The van der Waals surface area contributed by atoms with Gasteiger partial charge in [-0.1, -0.05) is 0 Å². The first-order valence-electron chi connectivity index (χ1n) is 5.30. The van der Waals surface area contributed by atoms with Crippen molar-refractivity contribution >= 4 is 0 Å². The third kappa shape index (κ3) is 1.86. The number of H-pyrrole nitrogens is 1. The zero-order chi connectivity index (χ0) is 12.5. The number of nitrogens with zero attached hydrogens (tertiary/aromatic N) is 5. The van der Waals surface area contributed by atoms with E-state index in [1.807, 2.05) is 0 Å². The summed E-state index contributed by atoms with van der Waals surface area (Å²) in [6.07, 6.45) is 3.27. The molecule has 1 N–H and O–H groups in total. The van der Waals surface area contributed by atoms with E-state index in [4.69, 9.17) is 0 Å². The van der Waals surface area contributed by atoms with Gasteiger partial charge in [-0.25, -0.2) is 9.37 Å². The number of rotatable bonds is 2. The van der Waals surface area contributed by atoms with E-state index in [1.165, 1.54) is 16.9 Å². The molecule has 2 heterocycles. The highest BCUT2D eigenvalue weighted by Gasteiger charge is 2.09. The van der Waals surface area contributed by atoms with Crippen molar-refractivity contribution in [2.45, 2.75) is 6.92 Å². The van der Waals surface area contributed by atoms with Gasteiger partial charge in [0.2, 0.25) is 5.82 Å². The number of imidazole rings is 1. The first-order valence-corrected chi connectivity index (χ1v) is 5.30. The number of aromatic nitrogens is 6. The predicted molar refractivity (Wildman–Crippen MR) is 61.4 cm³/mol. The van der Waals surface area contributed by atoms with Crippen LogP contribution in [0.1, 0.15) is 5.56 Å². The lowest BCUT2D eigenvalue weighted by atomic mass is 10.2. The van der Waals surface area contributed by atoms with Crippen LogP contribution in [0.25, 0.3) is 17.3 Å². The van der Waals surface area contributed by atoms with Gasteiger partial charge in [-0.15, -0.1) is 15.0 Å². The highest BCUT2D eigenvalue weighted by atomic mass is 19.1. The molecule has 0 bridgehead atoms. The fourth-order valence-electron chi connectivity index (χ4n) is 1.64. The molecule has 0 spiro atoms. The molecule has 0 saturated heterocycles. The molecule has 0 unspecified atom stereocenters. The number of aromatic amines is 1. The monoisotopic (exact) mass is 244 g/mol. The fraction of sp³-hybridized carbons (Fsp3) is 0.0909. The summed E-state index contributed by atoms with van der Waals surface area (Å²) in [6.45, 7) is 1.80. The Kier molecular flexibility index (Phi) is 2.36. The molecule has 0 amide bonds. The van der Waals surface area contributed by atoms with Crippen LogP contribution >= 0.6 is 0 Å². The summed E-state index contributed by atoms with van der Waals surface area (Å²) in [6, 6.07) is 4.56. The van der Waals surface area contributed by atoms with Crippen LogP contribution in [0.3, 0.4) is 0 Å². The highest BCUT2D eigenvalue weighted by molar-refractivity contribution is 5.41. The standard InChI is InChI=1S/C11H9FN6/c1-7-4-8(12)6-9(5-7)18-16-11(15-17-18)10-13-2-3-14-10/h2-6H,1H3,(H,13,14). The topological polar surface area (TPSA) is 72.3 Å². The van der Waals surface area contributed by atoms with Crippen LogP contribution in [0.2, 0.25) is 0 Å². The molecule has 7 heteroatoms. The van der Waals surface area contributed by atoms with Crippen LogP contribution in [0.5, 0.6) is 0 Å². The van der Waals surface area contributed by atoms with Crippen LogP contribution in [0, 0.1) is 12.7 Å². The Bertz CT molecular complexity index is 652. The van der Waals surface area contributed by atoms with E-state index in [2.05, 4.69) is 25.4 Å². The minimum Gasteiger partial charge on any atom is -0.342 e. The lowest BCUT2D eigenvalue weighted by Gasteiger charge is -2.00. The van der Waals surface area contributed by atoms with Crippen LogP contribution in [-0.4, -0.2) is 30.2 Å². The van der Waals surface area contributed by atoms with E-state index in [0.29, 0.717) is 17.3 Å². The van der Waals surface area contributed by atoms with Crippen molar-refractivity contribution in [2.24, 2.45) is 0 Å². The number of tetrazole rings is 1. The molecule has 3 aromatic rings. The van der Waals surface area contributed by atoms with E-state index < -0.39 is 0 Å². The summed E-state index contributed by atoms with van der Waals surface area (Å²) in [4.78, 5) is 8.17. The molecule has 90 valence electrons. The van der Waals surface area contributed by atoms with Crippen molar-refractivity contribution in [1.82, 2.24) is 30.2 Å². The molecular formula is C11H9FN6. The van der Waals surface area contributed by atoms with Crippen molar-refractivity contribution in [3.63, 3.8) is 0 Å². The summed E-state index contributed by atoms with van der Waals surface area (Å²) in [5.74, 6) is 0.554. The predicted octanol–water partition coefficient (Wildman–Crippen LogP) is 1.50. The average Bonchev–Trinajstić information content (AvgIpc) is 2.99. The summed E-state index contributed by atoms with van der Waals surface area (Å²) >= 11 is 0. The van der Waals surface area contributed by atoms with E-state index in [-0.39, 0.29) is 5.82 Å². The second-order valence-corrected chi connectivity index (χ2v) is 3.83. The molecule has 0 aliphatic carbocycles. The normalized spacial score (nSPS) is 10.8. The summed E-state index contributed by atoms with van der Waals surface area (Å²) in [5, 5.41) is 11.9. The third-order valence-corrected chi connectivity index (χ3v) is 2.38. The molecule has 0 saturated carbocycles. The van der Waals surface area contributed by atoms with Crippen molar-refractivity contribution < 1.29 is 4.39 Å². The Balaban J connectivity index is 2.03. The summed E-state index contributed by atoms with van der Waals surface area (Å²) in [7, 11) is 0. The number of hydrogen-bond acceptors (Lipinski definition) is 4. The van der Waals surface area contributed by atoms with Crippen LogP contribution < -0.4 is 0 Å². The molecule has 18 heavy (non-hydrogen) atoms. The van der Waals surface area contributed by atoms with E-state index in [0.717, 1.165) is 5.56 Å². The zero-order valence-corrected chi connectivity index (χ0v) is 9.50. The first kappa shape index (κ1) is 10.6. The largest absolute Gasteiger partial charge is 0.342 e. The number of hydrogen-bond donors (Lipinski definition) is 1. The number of aryl methyl sites for hydroxylation is 1. The van der Waals surface area contributed by atoms with Crippen molar-refractivity contribution in [1.29, 1.82) is 0 Å². The van der Waals surface area contributed by atoms with Gasteiger partial charge in [0.25, 0.3) is 0 Å². The highest BCUT2D eigenvalue weighted by Crippen LogP contribution is 2.13. The van der Waals surface area contributed by atoms with Gasteiger partial charge >= 0.3 is 0 Å². The Morgan fingerprint density at radius 2 is 2.17 bits per heavy atom. The fourth-order valence-corrected chi connectivity index (χ4v) is 1.64. The van der Waals surface area contributed by atoms with Crippen molar-refractivity contribution in [3.05, 3.63) is 42.0 Å². The van der Waals surface area contributed by atoms with Gasteiger partial charge in [-0.05, 0) is 29.8 Å². The maximum absolute atomic E-state index is 13.3. The van der Waals surface area contributed by atoms with E-state index >= 15 is 0 Å². The van der Waals surface area contributed by atoms with Crippen LogP contribution in [-0.2, 0) is 0 Å². The molecule has 0 atom stereocenters. The van der Waals surface area contributed by atoms with Gasteiger partial charge in [-0.2, -0.15) is 0 Å². The van der Waals surface area contributed by atoms with Gasteiger partial charge in [0.15, 0.2) is 5.82 Å². The number of halogens is 1. The van der Waals surface area contributed by atoms with Crippen molar-refractivity contribution in [2.75, 3.05) is 0 Å². The molecule has 0 aliphatic heterocycles. The van der Waals surface area contributed by atoms with Gasteiger partial charge in [0.05, 0.1) is 5.69 Å². The zero-order valence-electron chi connectivity index (χ0n) is 9.50. The second kappa shape index (κ2) is 4.02. The Labute approximate surface area is 101 Å². The average molecular weight is 244 g/mol. The van der Waals surface area contributed by atoms with Crippen LogP contribution in [0.15, 0.2) is 30.6 Å². The minimum atomic E-state index is -0.332. The van der Waals surface area contributed by atoms with Gasteiger partial charge in [0.1, 0.15) is 5.82 Å². The summed E-state index contributed by atoms with van der Waals surface area (Å²) < 4.78 is 13.3. The quantitative estimate of drug-likeness (QED) is 0.741. The first-order chi connectivity index (χ1) is 8.72.